The summed E-state index contributed by atoms with van der Waals surface area (Å²) < 4.78 is 18.0. The summed E-state index contributed by atoms with van der Waals surface area (Å²) in [5.74, 6) is 0. The quantitative estimate of drug-likeness (QED) is 0.136. The summed E-state index contributed by atoms with van der Waals surface area (Å²) in [6.07, 6.45) is 8.42. The number of hydrogen-bond donors (Lipinski definition) is 0. The molecule has 0 aliphatic carbocycles. The number of fused-ring (bicyclic) bond motifs is 4. The molecule has 0 saturated carbocycles. The highest BCUT2D eigenvalue weighted by molar-refractivity contribution is 5.98. The third-order valence-corrected chi connectivity index (χ3v) is 19.7. The van der Waals surface area contributed by atoms with Crippen LogP contribution in [-0.4, -0.2) is 0 Å². The van der Waals surface area contributed by atoms with Crippen molar-refractivity contribution in [2.45, 2.75) is 27.7 Å². The maximum Gasteiger partial charge on any atom is 0.285 e. The molecule has 0 spiro atoms. The summed E-state index contributed by atoms with van der Waals surface area (Å²) >= 11 is 0. The smallest absolute Gasteiger partial charge is 0.196 e. The number of aromatic nitrogens is 8. The van der Waals surface area contributed by atoms with Crippen LogP contribution in [0.3, 0.4) is 0 Å². The second-order valence-corrected chi connectivity index (χ2v) is 26.1. The highest BCUT2D eigenvalue weighted by atomic mass is 15.0. The van der Waals surface area contributed by atoms with E-state index in [0.29, 0.717) is 0 Å². The van der Waals surface area contributed by atoms with Crippen LogP contribution in [-0.2, 0) is 56.4 Å². The van der Waals surface area contributed by atoms with E-state index in [1.165, 1.54) is 156 Å². The fourth-order valence-corrected chi connectivity index (χ4v) is 14.4. The molecule has 0 bridgehead atoms. The zero-order valence-electron chi connectivity index (χ0n) is 59.6. The minimum absolute atomic E-state index is 1.20. The molecule has 0 radical (unpaired) electrons. The van der Waals surface area contributed by atoms with Gasteiger partial charge in [0.1, 0.15) is 56.4 Å². The average Bonchev–Trinajstić information content (AvgIpc) is 0.722. The van der Waals surface area contributed by atoms with Gasteiger partial charge in [0.15, 0.2) is 24.8 Å². The van der Waals surface area contributed by atoms with Crippen molar-refractivity contribution in [3.63, 3.8) is 0 Å². The molecule has 0 fully saturated rings. The summed E-state index contributed by atoms with van der Waals surface area (Å²) in [6.45, 7) is 8.71. The monoisotopic (exact) mass is 1300 g/mol. The topological polar surface area (TPSA) is 31.0 Å². The van der Waals surface area contributed by atoms with Gasteiger partial charge in [0.25, 0.3) is 45.6 Å². The lowest BCUT2D eigenvalue weighted by atomic mass is 9.96. The van der Waals surface area contributed by atoms with Gasteiger partial charge >= 0.3 is 0 Å². The van der Waals surface area contributed by atoms with Crippen molar-refractivity contribution in [3.8, 4) is 90.6 Å². The Morgan fingerprint density at radius 2 is 0.570 bits per heavy atom. The van der Waals surface area contributed by atoms with E-state index in [0.717, 1.165) is 0 Å². The Kier molecular flexibility index (Phi) is 19.6. The van der Waals surface area contributed by atoms with Crippen LogP contribution in [0.1, 0.15) is 22.3 Å². The Morgan fingerprint density at radius 3 is 1.13 bits per heavy atom. The molecule has 0 aliphatic heterocycles. The molecule has 8 heteroatoms. The van der Waals surface area contributed by atoms with Gasteiger partial charge < -0.3 is 0 Å². The molecular formula is C92H88N8+8. The summed E-state index contributed by atoms with van der Waals surface area (Å²) in [7, 11) is 17.0. The first-order chi connectivity index (χ1) is 48.7. The Labute approximate surface area is 589 Å². The maximum atomic E-state index is 2.32. The van der Waals surface area contributed by atoms with Crippen molar-refractivity contribution in [2.75, 3.05) is 0 Å². The fraction of sp³-hybridized carbons (Fsp3) is 0.130. The molecule has 0 unspecified atom stereocenters. The summed E-state index contributed by atoms with van der Waals surface area (Å²) in [5.41, 5.74) is 24.9. The van der Waals surface area contributed by atoms with Gasteiger partial charge in [-0.25, -0.2) is 0 Å². The van der Waals surface area contributed by atoms with Crippen LogP contribution in [0.5, 0.6) is 0 Å². The second kappa shape index (κ2) is 29.4. The number of aryl methyl sites for hydroxylation is 8. The van der Waals surface area contributed by atoms with Gasteiger partial charge in [-0.3, -0.25) is 0 Å². The lowest BCUT2D eigenvalue weighted by molar-refractivity contribution is -0.685. The number of rotatable bonds is 8. The first-order valence-corrected chi connectivity index (χ1v) is 34.4. The van der Waals surface area contributed by atoms with E-state index in [1.54, 1.807) is 0 Å². The molecule has 0 aliphatic rings. The molecule has 0 atom stereocenters. The van der Waals surface area contributed by atoms with E-state index in [4.69, 9.17) is 0 Å². The van der Waals surface area contributed by atoms with Crippen LogP contribution < -0.4 is 36.5 Å². The number of nitrogens with zero attached hydrogens (tertiary/aromatic N) is 8. The highest BCUT2D eigenvalue weighted by Gasteiger charge is 2.31. The predicted octanol–water partition coefficient (Wildman–Crippen LogP) is 16.5. The number of pyridine rings is 8. The number of hydrogen-bond acceptors (Lipinski definition) is 0. The predicted molar refractivity (Wildman–Crippen MR) is 408 cm³/mol. The van der Waals surface area contributed by atoms with Crippen LogP contribution in [0, 0.1) is 27.7 Å². The second-order valence-electron chi connectivity index (χ2n) is 26.1. The Morgan fingerprint density at radius 1 is 0.190 bits per heavy atom. The molecule has 488 valence electrons. The van der Waals surface area contributed by atoms with E-state index in [2.05, 4.69) is 437 Å². The fourth-order valence-electron chi connectivity index (χ4n) is 14.4. The average molecular weight is 1310 g/mol. The van der Waals surface area contributed by atoms with Gasteiger partial charge in [0, 0.05) is 95.6 Å². The Hall–Kier alpha value is -12.0. The third-order valence-electron chi connectivity index (χ3n) is 19.7. The van der Waals surface area contributed by atoms with E-state index in [1.807, 2.05) is 0 Å². The van der Waals surface area contributed by atoms with Crippen molar-refractivity contribution in [2.24, 2.45) is 56.4 Å². The normalized spacial score (nSPS) is 11.0. The van der Waals surface area contributed by atoms with Crippen molar-refractivity contribution in [1.82, 2.24) is 0 Å². The van der Waals surface area contributed by atoms with Gasteiger partial charge in [0.2, 0.25) is 22.8 Å². The molecule has 16 aromatic rings. The first kappa shape index (κ1) is 66.6. The standard InChI is InChI=1S/4C23H22N2/c1-17-10-4-6-12-19(17)23-20-13-7-5-11-18(20)16-22(25(23)3)21-14-8-9-15-24(21)2;1-17-10-4-6-12-19(17)22-16-18-11-5-7-13-20(18)23(25(22)3)21-14-8-9-15-24(21)2;1-17-9-4-6-11-19(17)21-13-8-14-22(25(21)3)23-20-12-7-5-10-18(20)15-16-24(23)2;1-17-14-15-18-9-4-5-10-19(18)23(17)22-13-8-12-21(25(22)3)20-11-6-7-16-24(20)2/h4*4-16H,1-3H3/q4*+2. The molecule has 8 aromatic heterocycles. The highest BCUT2D eigenvalue weighted by Crippen LogP contribution is 2.34. The molecule has 0 amide bonds. The first-order valence-electron chi connectivity index (χ1n) is 34.4. The third kappa shape index (κ3) is 13.3. The zero-order chi connectivity index (χ0) is 69.6. The molecule has 100 heavy (non-hydrogen) atoms. The van der Waals surface area contributed by atoms with Crippen molar-refractivity contribution < 1.29 is 36.5 Å². The number of benzene rings is 8. The molecule has 16 rings (SSSR count). The molecule has 8 nitrogen and oxygen atoms in total. The van der Waals surface area contributed by atoms with Gasteiger partial charge in [-0.1, -0.05) is 146 Å². The Bertz CT molecular complexity index is 5380. The van der Waals surface area contributed by atoms with E-state index in [-0.39, 0.29) is 0 Å². The van der Waals surface area contributed by atoms with Crippen LogP contribution >= 0.6 is 0 Å². The minimum atomic E-state index is 1.20. The summed E-state index contributed by atoms with van der Waals surface area (Å²) in [6, 6.07) is 103. The van der Waals surface area contributed by atoms with E-state index < -0.39 is 0 Å². The largest absolute Gasteiger partial charge is 0.285 e. The molecule has 0 saturated heterocycles. The molecule has 8 aromatic carbocycles. The lowest BCUT2D eigenvalue weighted by Gasteiger charge is -2.10. The van der Waals surface area contributed by atoms with Crippen molar-refractivity contribution in [1.29, 1.82) is 0 Å². The van der Waals surface area contributed by atoms with Crippen LogP contribution in [0.15, 0.2) is 316 Å². The molecule has 8 heterocycles. The molecular weight excluding hydrogens is 1220 g/mol. The van der Waals surface area contributed by atoms with Crippen LogP contribution in [0.25, 0.3) is 134 Å². The summed E-state index contributed by atoms with van der Waals surface area (Å²) in [5, 5.41) is 10.2. The van der Waals surface area contributed by atoms with E-state index >= 15 is 0 Å². The minimum Gasteiger partial charge on any atom is -0.196 e. The van der Waals surface area contributed by atoms with Crippen molar-refractivity contribution in [3.05, 3.63) is 338 Å². The molecule has 0 N–H and O–H groups in total. The zero-order valence-corrected chi connectivity index (χ0v) is 59.6. The van der Waals surface area contributed by atoms with Gasteiger partial charge in [0.05, 0.1) is 21.7 Å². The van der Waals surface area contributed by atoms with Gasteiger partial charge in [-0.15, -0.1) is 0 Å². The van der Waals surface area contributed by atoms with E-state index in [9.17, 15) is 0 Å². The van der Waals surface area contributed by atoms with Crippen molar-refractivity contribution >= 4 is 43.1 Å². The SMILES string of the molecule is Cc1ccc2ccccc2c1-c1cccc(-c2cccc[n+]2C)[n+]1C.Cc1ccccc1-c1c2ccccc2cc(-c2cccc[n+]2C)[n+]1C.Cc1ccccc1-c1cc2ccccc2c(-c2cccc[n+]2C)[n+]1C.Cc1ccccc1-c1cccc(-c2c3ccccc3cc[n+]2C)[n+]1C. The van der Waals surface area contributed by atoms with Crippen LogP contribution in [0.4, 0.5) is 0 Å². The Balaban J connectivity index is 0.000000119. The maximum absolute atomic E-state index is 2.32. The van der Waals surface area contributed by atoms with Crippen LogP contribution in [0.2, 0.25) is 0 Å². The lowest BCUT2D eigenvalue weighted by Crippen LogP contribution is -2.40. The van der Waals surface area contributed by atoms with Gasteiger partial charge in [-0.05, 0) is 144 Å². The summed E-state index contributed by atoms with van der Waals surface area (Å²) in [4.78, 5) is 0. The van der Waals surface area contributed by atoms with Gasteiger partial charge in [-0.2, -0.15) is 36.5 Å².